The second-order valence-corrected chi connectivity index (χ2v) is 6.52. The summed E-state index contributed by atoms with van der Waals surface area (Å²) in [6.07, 6.45) is 1.43. The summed E-state index contributed by atoms with van der Waals surface area (Å²) in [5.41, 5.74) is 0. The van der Waals surface area contributed by atoms with Gasteiger partial charge in [-0.25, -0.2) is 26.3 Å². The molecule has 2 rings (SSSR count). The Hall–Kier alpha value is -1.12. The number of aliphatic hydroxyl groups is 1. The molecule has 1 aliphatic carbocycles. The molecule has 0 bridgehead atoms. The van der Waals surface area contributed by atoms with Gasteiger partial charge in [-0.05, 0) is 30.9 Å². The van der Waals surface area contributed by atoms with Crippen LogP contribution in [0.5, 0.6) is 0 Å². The smallest absolute Gasteiger partial charge is 0.243 e. The molecule has 2 unspecified atom stereocenters. The Kier molecular flexibility index (Phi) is 4.36. The van der Waals surface area contributed by atoms with E-state index < -0.39 is 38.5 Å². The Balaban J connectivity index is 2.16. The van der Waals surface area contributed by atoms with Gasteiger partial charge in [0.2, 0.25) is 10.0 Å². The standard InChI is InChI=1S/C12H14F3NO3S/c13-8-4-5-10(12(15)11(8)14)20(18,19)16-6-7-2-1-3-9(7)17/h4-5,7,9,16-17H,1-3,6H2. The van der Waals surface area contributed by atoms with Crippen LogP contribution in [0.1, 0.15) is 19.3 Å². The van der Waals surface area contributed by atoms with E-state index in [1.165, 1.54) is 0 Å². The van der Waals surface area contributed by atoms with Crippen LogP contribution >= 0.6 is 0 Å². The van der Waals surface area contributed by atoms with E-state index in [2.05, 4.69) is 4.72 Å². The molecule has 1 saturated carbocycles. The maximum Gasteiger partial charge on any atom is 0.243 e. The minimum absolute atomic E-state index is 0.0675. The maximum absolute atomic E-state index is 13.5. The highest BCUT2D eigenvalue weighted by atomic mass is 32.2. The number of rotatable bonds is 4. The molecule has 0 aliphatic heterocycles. The van der Waals surface area contributed by atoms with Crippen molar-refractivity contribution in [1.29, 1.82) is 0 Å². The van der Waals surface area contributed by atoms with Crippen LogP contribution < -0.4 is 4.72 Å². The lowest BCUT2D eigenvalue weighted by molar-refractivity contribution is 0.134. The molecule has 0 amide bonds. The monoisotopic (exact) mass is 309 g/mol. The molecule has 20 heavy (non-hydrogen) atoms. The molecule has 2 atom stereocenters. The van der Waals surface area contributed by atoms with E-state index >= 15 is 0 Å². The molecule has 4 nitrogen and oxygen atoms in total. The van der Waals surface area contributed by atoms with Crippen LogP contribution in [0.2, 0.25) is 0 Å². The molecule has 8 heteroatoms. The Morgan fingerprint density at radius 3 is 2.50 bits per heavy atom. The zero-order chi connectivity index (χ0) is 14.9. The first kappa shape index (κ1) is 15.3. The summed E-state index contributed by atoms with van der Waals surface area (Å²) in [6, 6.07) is 1.22. The molecule has 1 aliphatic rings. The van der Waals surface area contributed by atoms with Gasteiger partial charge < -0.3 is 5.11 Å². The molecule has 0 heterocycles. The summed E-state index contributed by atoms with van der Waals surface area (Å²) in [7, 11) is -4.28. The van der Waals surface area contributed by atoms with Crippen molar-refractivity contribution in [2.45, 2.75) is 30.3 Å². The number of nitrogens with one attached hydrogen (secondary N) is 1. The van der Waals surface area contributed by atoms with Gasteiger partial charge in [0, 0.05) is 6.54 Å². The van der Waals surface area contributed by atoms with E-state index in [1.807, 2.05) is 0 Å². The van der Waals surface area contributed by atoms with E-state index in [1.54, 1.807) is 0 Å². The Morgan fingerprint density at radius 1 is 1.20 bits per heavy atom. The first-order chi connectivity index (χ1) is 9.33. The number of hydrogen-bond acceptors (Lipinski definition) is 3. The zero-order valence-electron chi connectivity index (χ0n) is 10.4. The largest absolute Gasteiger partial charge is 0.393 e. The summed E-state index contributed by atoms with van der Waals surface area (Å²) in [5, 5.41) is 9.57. The summed E-state index contributed by atoms with van der Waals surface area (Å²) < 4.78 is 65.1. The van der Waals surface area contributed by atoms with Gasteiger partial charge in [0.05, 0.1) is 6.10 Å². The van der Waals surface area contributed by atoms with E-state index in [0.717, 1.165) is 6.42 Å². The topological polar surface area (TPSA) is 66.4 Å². The van der Waals surface area contributed by atoms with Gasteiger partial charge in [-0.2, -0.15) is 0 Å². The van der Waals surface area contributed by atoms with Gasteiger partial charge in [0.15, 0.2) is 17.5 Å². The predicted octanol–water partition coefficient (Wildman–Crippen LogP) is 1.54. The molecule has 1 aromatic carbocycles. The normalized spacial score (nSPS) is 23.2. The Bertz CT molecular complexity index is 606. The second kappa shape index (κ2) is 5.71. The third kappa shape index (κ3) is 2.97. The van der Waals surface area contributed by atoms with Crippen LogP contribution in [0.4, 0.5) is 13.2 Å². The first-order valence-corrected chi connectivity index (χ1v) is 7.62. The average molecular weight is 309 g/mol. The summed E-state index contributed by atoms with van der Waals surface area (Å²) in [6.45, 7) is -0.0675. The second-order valence-electron chi connectivity index (χ2n) is 4.78. The molecule has 0 spiro atoms. The van der Waals surface area contributed by atoms with Gasteiger partial charge in [-0.1, -0.05) is 6.42 Å². The highest BCUT2D eigenvalue weighted by Gasteiger charge is 2.29. The van der Waals surface area contributed by atoms with Crippen molar-refractivity contribution < 1.29 is 26.7 Å². The molecule has 0 radical (unpaired) electrons. The minimum atomic E-state index is -4.28. The lowest BCUT2D eigenvalue weighted by atomic mass is 10.1. The van der Waals surface area contributed by atoms with Crippen LogP contribution in [0.3, 0.4) is 0 Å². The highest BCUT2D eigenvalue weighted by Crippen LogP contribution is 2.25. The highest BCUT2D eigenvalue weighted by molar-refractivity contribution is 7.89. The lowest BCUT2D eigenvalue weighted by Gasteiger charge is -2.15. The average Bonchev–Trinajstić information content (AvgIpc) is 2.79. The van der Waals surface area contributed by atoms with Crippen LogP contribution in [-0.4, -0.2) is 26.2 Å². The van der Waals surface area contributed by atoms with Crippen molar-refractivity contribution in [3.8, 4) is 0 Å². The van der Waals surface area contributed by atoms with E-state index in [0.29, 0.717) is 25.0 Å². The SMILES string of the molecule is O=S(=O)(NCC1CCCC1O)c1ccc(F)c(F)c1F. The van der Waals surface area contributed by atoms with Crippen molar-refractivity contribution in [3.05, 3.63) is 29.6 Å². The number of sulfonamides is 1. The van der Waals surface area contributed by atoms with Gasteiger partial charge in [-0.15, -0.1) is 0 Å². The van der Waals surface area contributed by atoms with E-state index in [9.17, 15) is 26.7 Å². The van der Waals surface area contributed by atoms with Crippen molar-refractivity contribution in [2.24, 2.45) is 5.92 Å². The van der Waals surface area contributed by atoms with Gasteiger partial charge in [0.1, 0.15) is 4.90 Å². The molecule has 2 N–H and O–H groups in total. The van der Waals surface area contributed by atoms with Crippen molar-refractivity contribution in [2.75, 3.05) is 6.54 Å². The third-order valence-corrected chi connectivity index (χ3v) is 4.88. The van der Waals surface area contributed by atoms with Crippen LogP contribution in [0, 0.1) is 23.4 Å². The molecule has 1 fully saturated rings. The van der Waals surface area contributed by atoms with E-state index in [4.69, 9.17) is 0 Å². The fraction of sp³-hybridized carbons (Fsp3) is 0.500. The summed E-state index contributed by atoms with van der Waals surface area (Å²) >= 11 is 0. The number of halogens is 3. The van der Waals surface area contributed by atoms with Crippen molar-refractivity contribution in [3.63, 3.8) is 0 Å². The molecular formula is C12H14F3NO3S. The molecule has 1 aromatic rings. The number of hydrogen-bond donors (Lipinski definition) is 2. The third-order valence-electron chi connectivity index (χ3n) is 3.44. The molecular weight excluding hydrogens is 295 g/mol. The van der Waals surface area contributed by atoms with Gasteiger partial charge >= 0.3 is 0 Å². The first-order valence-electron chi connectivity index (χ1n) is 6.14. The summed E-state index contributed by atoms with van der Waals surface area (Å²) in [4.78, 5) is -0.941. The van der Waals surface area contributed by atoms with Crippen LogP contribution in [0.15, 0.2) is 17.0 Å². The molecule has 0 aromatic heterocycles. The van der Waals surface area contributed by atoms with Gasteiger partial charge in [-0.3, -0.25) is 0 Å². The summed E-state index contributed by atoms with van der Waals surface area (Å²) in [5.74, 6) is -5.27. The van der Waals surface area contributed by atoms with Crippen molar-refractivity contribution >= 4 is 10.0 Å². The molecule has 112 valence electrons. The van der Waals surface area contributed by atoms with Crippen LogP contribution in [-0.2, 0) is 10.0 Å². The minimum Gasteiger partial charge on any atom is -0.393 e. The lowest BCUT2D eigenvalue weighted by Crippen LogP contribution is -2.33. The number of aliphatic hydroxyl groups excluding tert-OH is 1. The number of benzene rings is 1. The fourth-order valence-electron chi connectivity index (χ4n) is 2.27. The Morgan fingerprint density at radius 2 is 1.90 bits per heavy atom. The molecule has 0 saturated heterocycles. The van der Waals surface area contributed by atoms with Crippen LogP contribution in [0.25, 0.3) is 0 Å². The van der Waals surface area contributed by atoms with Gasteiger partial charge in [0.25, 0.3) is 0 Å². The fourth-order valence-corrected chi connectivity index (χ4v) is 3.43. The Labute approximate surface area is 114 Å². The van der Waals surface area contributed by atoms with E-state index in [-0.39, 0.29) is 12.5 Å². The predicted molar refractivity (Wildman–Crippen MR) is 64.9 cm³/mol. The zero-order valence-corrected chi connectivity index (χ0v) is 11.3. The quantitative estimate of drug-likeness (QED) is 0.829. The maximum atomic E-state index is 13.5. The van der Waals surface area contributed by atoms with Crippen molar-refractivity contribution in [1.82, 2.24) is 4.72 Å².